The number of phenolic OH excluding ortho intramolecular Hbond substituents is 1. The van der Waals surface area contributed by atoms with Crippen LogP contribution in [-0.2, 0) is 0 Å². The van der Waals surface area contributed by atoms with Gasteiger partial charge in [0.25, 0.3) is 0 Å². The van der Waals surface area contributed by atoms with Crippen molar-refractivity contribution in [3.8, 4) is 5.75 Å². The summed E-state index contributed by atoms with van der Waals surface area (Å²) in [4.78, 5) is 0. The van der Waals surface area contributed by atoms with Crippen LogP contribution in [0.15, 0.2) is 12.1 Å². The van der Waals surface area contributed by atoms with E-state index in [4.69, 9.17) is 0 Å². The highest BCUT2D eigenvalue weighted by Crippen LogP contribution is 2.38. The van der Waals surface area contributed by atoms with E-state index in [0.29, 0.717) is 11.1 Å². The number of benzene rings is 2. The van der Waals surface area contributed by atoms with Crippen molar-refractivity contribution in [3.05, 3.63) is 63.5 Å². The molecule has 1 unspecified atom stereocenters. The van der Waals surface area contributed by atoms with E-state index >= 15 is 0 Å². The summed E-state index contributed by atoms with van der Waals surface area (Å²) in [6.45, 7) is 4.55. The van der Waals surface area contributed by atoms with E-state index < -0.39 is 40.6 Å². The first-order valence-corrected chi connectivity index (χ1v) is 6.48. The van der Waals surface area contributed by atoms with Crippen LogP contribution < -0.4 is 0 Å². The highest BCUT2D eigenvalue weighted by Gasteiger charge is 2.30. The molecule has 0 aromatic heterocycles. The molecule has 2 aromatic carbocycles. The molecular formula is C16H13F5O. The van der Waals surface area contributed by atoms with Crippen LogP contribution in [0.1, 0.15) is 35.1 Å². The third kappa shape index (κ3) is 2.42. The second-order valence-electron chi connectivity index (χ2n) is 5.22. The Hall–Kier alpha value is -2.11. The van der Waals surface area contributed by atoms with Gasteiger partial charge in [0.2, 0.25) is 5.82 Å². The summed E-state index contributed by atoms with van der Waals surface area (Å²) >= 11 is 0. The Morgan fingerprint density at radius 1 is 0.818 bits per heavy atom. The van der Waals surface area contributed by atoms with Crippen LogP contribution in [0.25, 0.3) is 0 Å². The highest BCUT2D eigenvalue weighted by atomic mass is 19.2. The zero-order valence-electron chi connectivity index (χ0n) is 12.1. The highest BCUT2D eigenvalue weighted by molar-refractivity contribution is 5.48. The van der Waals surface area contributed by atoms with E-state index in [1.54, 1.807) is 19.9 Å². The van der Waals surface area contributed by atoms with Gasteiger partial charge < -0.3 is 5.11 Å². The summed E-state index contributed by atoms with van der Waals surface area (Å²) < 4.78 is 67.5. The number of hydrogen-bond donors (Lipinski definition) is 1. The minimum absolute atomic E-state index is 0.0979. The number of aryl methyl sites for hydroxylation is 2. The zero-order valence-corrected chi connectivity index (χ0v) is 12.1. The van der Waals surface area contributed by atoms with Gasteiger partial charge in [-0.1, -0.05) is 24.6 Å². The van der Waals surface area contributed by atoms with Crippen molar-refractivity contribution in [2.75, 3.05) is 0 Å². The van der Waals surface area contributed by atoms with Crippen molar-refractivity contribution < 1.29 is 27.1 Å². The number of hydrogen-bond acceptors (Lipinski definition) is 1. The maximum absolute atomic E-state index is 13.9. The first-order valence-electron chi connectivity index (χ1n) is 6.48. The molecule has 0 saturated heterocycles. The van der Waals surface area contributed by atoms with Gasteiger partial charge in [0.15, 0.2) is 23.3 Å². The minimum atomic E-state index is -2.20. The molecule has 118 valence electrons. The van der Waals surface area contributed by atoms with Gasteiger partial charge >= 0.3 is 0 Å². The fourth-order valence-corrected chi connectivity index (χ4v) is 2.48. The molecule has 0 heterocycles. The Morgan fingerprint density at radius 3 is 1.77 bits per heavy atom. The monoisotopic (exact) mass is 316 g/mol. The SMILES string of the molecule is Cc1cc(C)c(O)c(C(C)c2c(F)c(F)c(F)c(F)c2F)c1. The smallest absolute Gasteiger partial charge is 0.200 e. The van der Waals surface area contributed by atoms with Gasteiger partial charge in [-0.05, 0) is 19.4 Å². The van der Waals surface area contributed by atoms with Gasteiger partial charge in [0, 0.05) is 17.0 Å². The van der Waals surface area contributed by atoms with Crippen molar-refractivity contribution in [2.45, 2.75) is 26.7 Å². The summed E-state index contributed by atoms with van der Waals surface area (Å²) in [6.07, 6.45) is 0. The van der Waals surface area contributed by atoms with Crippen molar-refractivity contribution in [2.24, 2.45) is 0 Å². The average Bonchev–Trinajstić information content (AvgIpc) is 2.46. The standard InChI is InChI=1S/C16H13F5O/c1-6-4-7(2)16(22)9(5-6)8(3)10-11(17)13(19)15(21)14(20)12(10)18/h4-5,8,22H,1-3H3. The predicted octanol–water partition coefficient (Wildman–Crippen LogP) is 4.86. The fourth-order valence-electron chi connectivity index (χ4n) is 2.48. The molecule has 0 fully saturated rings. The van der Waals surface area contributed by atoms with Crippen molar-refractivity contribution in [1.29, 1.82) is 0 Å². The quantitative estimate of drug-likeness (QED) is 0.477. The van der Waals surface area contributed by atoms with E-state index in [1.165, 1.54) is 13.0 Å². The van der Waals surface area contributed by atoms with Crippen LogP contribution in [0, 0.1) is 42.9 Å². The molecule has 0 bridgehead atoms. The van der Waals surface area contributed by atoms with Crippen LogP contribution in [0.5, 0.6) is 5.75 Å². The van der Waals surface area contributed by atoms with Gasteiger partial charge in [-0.25, -0.2) is 22.0 Å². The Labute approximate surface area is 124 Å². The second-order valence-corrected chi connectivity index (χ2v) is 5.22. The number of halogens is 5. The molecule has 1 N–H and O–H groups in total. The molecule has 2 aromatic rings. The van der Waals surface area contributed by atoms with Gasteiger partial charge in [-0.15, -0.1) is 0 Å². The lowest BCUT2D eigenvalue weighted by Crippen LogP contribution is -2.11. The molecule has 1 nitrogen and oxygen atoms in total. The van der Waals surface area contributed by atoms with Crippen molar-refractivity contribution in [3.63, 3.8) is 0 Å². The number of phenols is 1. The zero-order chi connectivity index (χ0) is 16.8. The van der Waals surface area contributed by atoms with E-state index in [1.807, 2.05) is 0 Å². The second kappa shape index (κ2) is 5.59. The molecular weight excluding hydrogens is 303 g/mol. The van der Waals surface area contributed by atoms with Crippen LogP contribution in [0.3, 0.4) is 0 Å². The Morgan fingerprint density at radius 2 is 1.27 bits per heavy atom. The molecule has 0 amide bonds. The summed E-state index contributed by atoms with van der Waals surface area (Å²) in [6, 6.07) is 3.09. The van der Waals surface area contributed by atoms with Crippen LogP contribution in [-0.4, -0.2) is 5.11 Å². The lowest BCUT2D eigenvalue weighted by Gasteiger charge is -2.18. The summed E-state index contributed by atoms with van der Waals surface area (Å²) in [5, 5.41) is 10.0. The molecule has 0 aliphatic rings. The molecule has 0 spiro atoms. The van der Waals surface area contributed by atoms with Gasteiger partial charge in [-0.2, -0.15) is 0 Å². The van der Waals surface area contributed by atoms with E-state index in [9.17, 15) is 27.1 Å². The normalized spacial score (nSPS) is 12.5. The maximum Gasteiger partial charge on any atom is 0.200 e. The fraction of sp³-hybridized carbons (Fsp3) is 0.250. The topological polar surface area (TPSA) is 20.2 Å². The molecule has 1 atom stereocenters. The molecule has 0 radical (unpaired) electrons. The van der Waals surface area contributed by atoms with Crippen molar-refractivity contribution in [1.82, 2.24) is 0 Å². The molecule has 0 saturated carbocycles. The van der Waals surface area contributed by atoms with E-state index in [0.717, 1.165) is 0 Å². The van der Waals surface area contributed by atoms with Crippen LogP contribution in [0.2, 0.25) is 0 Å². The lowest BCUT2D eigenvalue weighted by atomic mass is 9.89. The van der Waals surface area contributed by atoms with Gasteiger partial charge in [-0.3, -0.25) is 0 Å². The maximum atomic E-state index is 13.9. The van der Waals surface area contributed by atoms with E-state index in [-0.39, 0.29) is 11.3 Å². The molecule has 0 aliphatic carbocycles. The number of rotatable bonds is 2. The average molecular weight is 316 g/mol. The first-order chi connectivity index (χ1) is 10.2. The molecule has 0 aliphatic heterocycles. The first kappa shape index (κ1) is 16.3. The molecule has 2 rings (SSSR count). The summed E-state index contributed by atoms with van der Waals surface area (Å²) in [7, 11) is 0. The summed E-state index contributed by atoms with van der Waals surface area (Å²) in [5.41, 5.74) is 0.282. The van der Waals surface area contributed by atoms with E-state index in [2.05, 4.69) is 0 Å². The van der Waals surface area contributed by atoms with Gasteiger partial charge in [0.05, 0.1) is 0 Å². The molecule has 6 heteroatoms. The number of aromatic hydroxyl groups is 1. The summed E-state index contributed by atoms with van der Waals surface area (Å²) in [5.74, 6) is -11.4. The molecule has 22 heavy (non-hydrogen) atoms. The lowest BCUT2D eigenvalue weighted by molar-refractivity contribution is 0.367. The van der Waals surface area contributed by atoms with Gasteiger partial charge in [0.1, 0.15) is 5.75 Å². The van der Waals surface area contributed by atoms with Crippen LogP contribution >= 0.6 is 0 Å². The Kier molecular flexibility index (Phi) is 4.13. The largest absolute Gasteiger partial charge is 0.507 e. The van der Waals surface area contributed by atoms with Crippen molar-refractivity contribution >= 4 is 0 Å². The van der Waals surface area contributed by atoms with Crippen LogP contribution in [0.4, 0.5) is 22.0 Å². The predicted molar refractivity (Wildman–Crippen MR) is 71.3 cm³/mol. The third-order valence-electron chi connectivity index (χ3n) is 3.62. The Bertz CT molecular complexity index is 726. The Balaban J connectivity index is 2.73. The third-order valence-corrected chi connectivity index (χ3v) is 3.62. The minimum Gasteiger partial charge on any atom is -0.507 e.